The number of alkyl halides is 1. The van der Waals surface area contributed by atoms with E-state index in [-0.39, 0.29) is 0 Å². The van der Waals surface area contributed by atoms with E-state index in [1.54, 1.807) is 0 Å². The van der Waals surface area contributed by atoms with Gasteiger partial charge in [0.2, 0.25) is 0 Å². The summed E-state index contributed by atoms with van der Waals surface area (Å²) < 4.78 is 0. The van der Waals surface area contributed by atoms with Gasteiger partial charge < -0.3 is 0 Å². The molecular formula is C13H17ClS. The molecule has 3 rings (SSSR count). The summed E-state index contributed by atoms with van der Waals surface area (Å²) in [5, 5.41) is 4.48. The molecule has 0 saturated heterocycles. The summed E-state index contributed by atoms with van der Waals surface area (Å²) >= 11 is 8.09. The van der Waals surface area contributed by atoms with Crippen molar-refractivity contribution in [3.63, 3.8) is 0 Å². The summed E-state index contributed by atoms with van der Waals surface area (Å²) in [6.07, 6.45) is 6.96. The fourth-order valence-corrected chi connectivity index (χ4v) is 4.88. The van der Waals surface area contributed by atoms with E-state index in [1.807, 2.05) is 11.3 Å². The molecule has 2 aliphatic carbocycles. The zero-order valence-electron chi connectivity index (χ0n) is 8.92. The Morgan fingerprint density at radius 3 is 2.93 bits per heavy atom. The largest absolute Gasteiger partial charge is 0.152 e. The van der Waals surface area contributed by atoms with Crippen LogP contribution < -0.4 is 0 Å². The van der Waals surface area contributed by atoms with Crippen molar-refractivity contribution in [1.82, 2.24) is 0 Å². The van der Waals surface area contributed by atoms with Gasteiger partial charge in [-0.25, -0.2) is 0 Å². The molecule has 3 atom stereocenters. The lowest BCUT2D eigenvalue weighted by Gasteiger charge is -2.36. The van der Waals surface area contributed by atoms with Gasteiger partial charge in [0.1, 0.15) is 0 Å². The minimum atomic E-state index is 0.450. The molecule has 15 heavy (non-hydrogen) atoms. The average molecular weight is 241 g/mol. The molecule has 0 aliphatic heterocycles. The van der Waals surface area contributed by atoms with Gasteiger partial charge in [-0.05, 0) is 65.3 Å². The topological polar surface area (TPSA) is 0 Å². The smallest absolute Gasteiger partial charge is 0.0285 e. The second-order valence-electron chi connectivity index (χ2n) is 5.38. The number of fused-ring (bicyclic) bond motifs is 2. The van der Waals surface area contributed by atoms with Gasteiger partial charge in [-0.2, -0.15) is 11.3 Å². The third-order valence-electron chi connectivity index (χ3n) is 4.50. The Labute approximate surface area is 101 Å². The fourth-order valence-electron chi connectivity index (χ4n) is 3.79. The molecule has 3 unspecified atom stereocenters. The first kappa shape index (κ1) is 10.2. The molecule has 0 N–H and O–H groups in total. The second-order valence-corrected chi connectivity index (χ2v) is 6.43. The Morgan fingerprint density at radius 2 is 2.40 bits per heavy atom. The Hall–Kier alpha value is -0.0100. The minimum Gasteiger partial charge on any atom is -0.152 e. The molecule has 2 heteroatoms. The summed E-state index contributed by atoms with van der Waals surface area (Å²) in [6, 6.07) is 2.27. The number of rotatable bonds is 3. The molecule has 0 spiro atoms. The first-order chi connectivity index (χ1) is 7.32. The van der Waals surface area contributed by atoms with Gasteiger partial charge in [0.05, 0.1) is 0 Å². The summed E-state index contributed by atoms with van der Waals surface area (Å²) in [5.41, 5.74) is 1.96. The van der Waals surface area contributed by atoms with Crippen molar-refractivity contribution in [2.24, 2.45) is 17.3 Å². The van der Waals surface area contributed by atoms with Crippen molar-refractivity contribution in [1.29, 1.82) is 0 Å². The number of hydrogen-bond donors (Lipinski definition) is 0. The maximum absolute atomic E-state index is 6.28. The van der Waals surface area contributed by atoms with E-state index >= 15 is 0 Å². The van der Waals surface area contributed by atoms with E-state index in [4.69, 9.17) is 11.6 Å². The van der Waals surface area contributed by atoms with Crippen molar-refractivity contribution in [2.75, 3.05) is 5.88 Å². The molecule has 2 aliphatic rings. The quantitative estimate of drug-likeness (QED) is 0.690. The number of halogens is 1. The van der Waals surface area contributed by atoms with Crippen molar-refractivity contribution < 1.29 is 0 Å². The van der Waals surface area contributed by atoms with Crippen molar-refractivity contribution in [3.05, 3.63) is 22.4 Å². The SMILES string of the molecule is ClCC1(Cc2ccsc2)CC2CCC1C2. The van der Waals surface area contributed by atoms with Crippen LogP contribution in [0.4, 0.5) is 0 Å². The minimum absolute atomic E-state index is 0.450. The zero-order chi connectivity index (χ0) is 10.3. The lowest BCUT2D eigenvalue weighted by molar-refractivity contribution is 0.193. The predicted molar refractivity (Wildman–Crippen MR) is 66.6 cm³/mol. The maximum atomic E-state index is 6.28. The summed E-state index contributed by atoms with van der Waals surface area (Å²) in [4.78, 5) is 0. The van der Waals surface area contributed by atoms with Crippen LogP contribution in [0.1, 0.15) is 31.2 Å². The third-order valence-corrected chi connectivity index (χ3v) is 5.77. The predicted octanol–water partition coefficient (Wildman–Crippen LogP) is 4.34. The van der Waals surface area contributed by atoms with Gasteiger partial charge in [0.25, 0.3) is 0 Å². The van der Waals surface area contributed by atoms with Gasteiger partial charge in [0, 0.05) is 5.88 Å². The fraction of sp³-hybridized carbons (Fsp3) is 0.692. The first-order valence-electron chi connectivity index (χ1n) is 5.89. The van der Waals surface area contributed by atoms with Gasteiger partial charge in [-0.15, -0.1) is 11.6 Å². The monoisotopic (exact) mass is 240 g/mol. The molecule has 2 saturated carbocycles. The molecule has 2 fully saturated rings. The first-order valence-corrected chi connectivity index (χ1v) is 7.37. The van der Waals surface area contributed by atoms with E-state index in [9.17, 15) is 0 Å². The highest BCUT2D eigenvalue weighted by Gasteiger charge is 2.50. The van der Waals surface area contributed by atoms with Crippen LogP contribution in [0.25, 0.3) is 0 Å². The van der Waals surface area contributed by atoms with E-state index in [0.717, 1.165) is 17.7 Å². The van der Waals surface area contributed by atoms with Gasteiger partial charge >= 0.3 is 0 Å². The van der Waals surface area contributed by atoms with Crippen LogP contribution in [0.15, 0.2) is 16.8 Å². The average Bonchev–Trinajstić information content (AvgIpc) is 2.93. The van der Waals surface area contributed by atoms with Crippen molar-refractivity contribution in [2.45, 2.75) is 32.1 Å². The number of thiophene rings is 1. The maximum Gasteiger partial charge on any atom is 0.0285 e. The van der Waals surface area contributed by atoms with Crippen LogP contribution in [0.3, 0.4) is 0 Å². The van der Waals surface area contributed by atoms with Gasteiger partial charge in [0.15, 0.2) is 0 Å². The normalized spacial score (nSPS) is 38.7. The third kappa shape index (κ3) is 1.64. The van der Waals surface area contributed by atoms with E-state index in [2.05, 4.69) is 16.8 Å². The van der Waals surface area contributed by atoms with E-state index in [0.29, 0.717) is 5.41 Å². The molecule has 0 aromatic carbocycles. The molecule has 1 aromatic rings. The summed E-state index contributed by atoms with van der Waals surface area (Å²) in [6.45, 7) is 0. The van der Waals surface area contributed by atoms with Crippen LogP contribution in [-0.2, 0) is 6.42 Å². The Morgan fingerprint density at radius 1 is 1.47 bits per heavy atom. The lowest BCUT2D eigenvalue weighted by Crippen LogP contribution is -2.32. The van der Waals surface area contributed by atoms with E-state index < -0.39 is 0 Å². The van der Waals surface area contributed by atoms with Crippen LogP contribution >= 0.6 is 22.9 Å². The van der Waals surface area contributed by atoms with E-state index in [1.165, 1.54) is 37.7 Å². The molecule has 0 radical (unpaired) electrons. The highest BCUT2D eigenvalue weighted by molar-refractivity contribution is 7.07. The summed E-state index contributed by atoms with van der Waals surface area (Å²) in [7, 11) is 0. The molecule has 2 bridgehead atoms. The van der Waals surface area contributed by atoms with Gasteiger partial charge in [-0.3, -0.25) is 0 Å². The van der Waals surface area contributed by atoms with Crippen LogP contribution in [-0.4, -0.2) is 5.88 Å². The standard InChI is InChI=1S/C13H17ClS/c14-9-13(7-11-3-4-15-8-11)6-10-1-2-12(13)5-10/h3-4,8,10,12H,1-2,5-7,9H2. The summed E-state index contributed by atoms with van der Waals surface area (Å²) in [5.74, 6) is 2.77. The Balaban J connectivity index is 1.82. The van der Waals surface area contributed by atoms with Crippen LogP contribution in [0.5, 0.6) is 0 Å². The Bertz CT molecular complexity index is 332. The lowest BCUT2D eigenvalue weighted by atomic mass is 9.71. The second kappa shape index (κ2) is 3.78. The molecule has 82 valence electrons. The van der Waals surface area contributed by atoms with Crippen LogP contribution in [0, 0.1) is 17.3 Å². The van der Waals surface area contributed by atoms with Crippen LogP contribution in [0.2, 0.25) is 0 Å². The molecular weight excluding hydrogens is 224 g/mol. The molecule has 0 nitrogen and oxygen atoms in total. The molecule has 1 heterocycles. The highest BCUT2D eigenvalue weighted by Crippen LogP contribution is 2.57. The number of hydrogen-bond acceptors (Lipinski definition) is 1. The van der Waals surface area contributed by atoms with Crippen molar-refractivity contribution >= 4 is 22.9 Å². The van der Waals surface area contributed by atoms with Gasteiger partial charge in [-0.1, -0.05) is 6.42 Å². The molecule has 1 aromatic heterocycles. The zero-order valence-corrected chi connectivity index (χ0v) is 10.5. The molecule has 0 amide bonds. The highest BCUT2D eigenvalue weighted by atomic mass is 35.5. The Kier molecular flexibility index (Phi) is 2.56. The van der Waals surface area contributed by atoms with Crippen molar-refractivity contribution in [3.8, 4) is 0 Å².